The molecule has 1 rings (SSSR count). The van der Waals surface area contributed by atoms with Crippen molar-refractivity contribution in [3.05, 3.63) is 0 Å². The molecule has 0 radical (unpaired) electrons. The van der Waals surface area contributed by atoms with Crippen LogP contribution in [0, 0.1) is 0 Å². The van der Waals surface area contributed by atoms with Gasteiger partial charge in [-0.2, -0.15) is 0 Å². The molecule has 0 aromatic carbocycles. The van der Waals surface area contributed by atoms with Gasteiger partial charge in [0.1, 0.15) is 12.2 Å². The summed E-state index contributed by atoms with van der Waals surface area (Å²) in [6.45, 7) is 2.61. The maximum atomic E-state index is 11.1. The summed E-state index contributed by atoms with van der Waals surface area (Å²) in [4.78, 5) is 22.2. The molecule has 0 bridgehead atoms. The highest BCUT2D eigenvalue weighted by Crippen LogP contribution is 2.25. The third-order valence-corrected chi connectivity index (χ3v) is 2.84. The molecule has 1 fully saturated rings. The second-order valence-corrected chi connectivity index (χ2v) is 4.61. The van der Waals surface area contributed by atoms with E-state index in [2.05, 4.69) is 0 Å². The van der Waals surface area contributed by atoms with Gasteiger partial charge in [-0.05, 0) is 12.0 Å². The summed E-state index contributed by atoms with van der Waals surface area (Å²) in [7, 11) is 0. The van der Waals surface area contributed by atoms with E-state index in [1.807, 2.05) is 0 Å². The Bertz CT molecular complexity index is 322. The summed E-state index contributed by atoms with van der Waals surface area (Å²) in [6, 6.07) is 0. The highest BCUT2D eigenvalue weighted by atomic mass is 32.2. The minimum Gasteiger partial charge on any atom is -0.458 e. The third kappa shape index (κ3) is 5.35. The van der Waals surface area contributed by atoms with Crippen LogP contribution in [-0.4, -0.2) is 54.5 Å². The minimum absolute atomic E-state index is 0.0489. The SMILES string of the molecule is CSOC[C@H]1O[C@@H](O)C[C@@H](OC(C)=O)[C@H]1OC(C)=O. The van der Waals surface area contributed by atoms with Crippen molar-refractivity contribution in [2.75, 3.05) is 12.9 Å². The van der Waals surface area contributed by atoms with Gasteiger partial charge in [-0.25, -0.2) is 0 Å². The zero-order valence-electron chi connectivity index (χ0n) is 11.0. The molecule has 0 unspecified atom stereocenters. The summed E-state index contributed by atoms with van der Waals surface area (Å²) in [6.07, 6.45) is -1.55. The average Bonchev–Trinajstić information content (AvgIpc) is 2.29. The normalized spacial score (nSPS) is 30.7. The molecular weight excluding hydrogens is 276 g/mol. The topological polar surface area (TPSA) is 91.3 Å². The lowest BCUT2D eigenvalue weighted by atomic mass is 10.0. The van der Waals surface area contributed by atoms with Crippen LogP contribution in [0.5, 0.6) is 0 Å². The number of aliphatic hydroxyl groups is 1. The van der Waals surface area contributed by atoms with E-state index >= 15 is 0 Å². The summed E-state index contributed by atoms with van der Waals surface area (Å²) in [5, 5.41) is 9.60. The first kappa shape index (κ1) is 16.2. The van der Waals surface area contributed by atoms with Gasteiger partial charge < -0.3 is 23.5 Å². The van der Waals surface area contributed by atoms with Gasteiger partial charge in [0.15, 0.2) is 12.4 Å². The van der Waals surface area contributed by atoms with E-state index in [0.29, 0.717) is 0 Å². The molecule has 1 aliphatic heterocycles. The van der Waals surface area contributed by atoms with Crippen LogP contribution in [0.25, 0.3) is 0 Å². The largest absolute Gasteiger partial charge is 0.458 e. The van der Waals surface area contributed by atoms with Gasteiger partial charge in [0, 0.05) is 26.5 Å². The quantitative estimate of drug-likeness (QED) is 0.570. The van der Waals surface area contributed by atoms with Crippen molar-refractivity contribution in [3.63, 3.8) is 0 Å². The Morgan fingerprint density at radius 3 is 2.47 bits per heavy atom. The molecule has 1 saturated heterocycles. The highest BCUT2D eigenvalue weighted by molar-refractivity contribution is 7.93. The van der Waals surface area contributed by atoms with Gasteiger partial charge in [-0.3, -0.25) is 9.59 Å². The fourth-order valence-corrected chi connectivity index (χ4v) is 2.12. The van der Waals surface area contributed by atoms with E-state index in [1.165, 1.54) is 13.8 Å². The van der Waals surface area contributed by atoms with Crippen molar-refractivity contribution in [2.45, 2.75) is 44.9 Å². The lowest BCUT2D eigenvalue weighted by Gasteiger charge is -2.38. The molecule has 8 heteroatoms. The molecule has 4 atom stereocenters. The van der Waals surface area contributed by atoms with Crippen molar-refractivity contribution in [2.24, 2.45) is 0 Å². The molecule has 1 aliphatic rings. The molecule has 0 saturated carbocycles. The zero-order chi connectivity index (χ0) is 14.4. The molecule has 0 aromatic heterocycles. The lowest BCUT2D eigenvalue weighted by Crippen LogP contribution is -2.53. The number of ether oxygens (including phenoxy) is 3. The number of rotatable bonds is 5. The van der Waals surface area contributed by atoms with Crippen LogP contribution in [-0.2, 0) is 28.0 Å². The van der Waals surface area contributed by atoms with E-state index < -0.39 is 36.5 Å². The summed E-state index contributed by atoms with van der Waals surface area (Å²) < 4.78 is 20.6. The molecule has 0 amide bonds. The third-order valence-electron chi connectivity index (χ3n) is 2.47. The maximum absolute atomic E-state index is 11.1. The standard InChI is InChI=1S/C11H18O7S/c1-6(12)16-8-4-10(14)18-9(5-15-19-3)11(8)17-7(2)13/h8-11,14H,4-5H2,1-3H3/t8-,9-,10-,11-/m1/s1. The Labute approximate surface area is 115 Å². The lowest BCUT2D eigenvalue weighted by molar-refractivity contribution is -0.249. The fraction of sp³-hybridized carbons (Fsp3) is 0.818. The van der Waals surface area contributed by atoms with Crippen LogP contribution in [0.2, 0.25) is 0 Å². The number of hydrogen-bond donors (Lipinski definition) is 1. The van der Waals surface area contributed by atoms with Crippen LogP contribution in [0.15, 0.2) is 0 Å². The summed E-state index contributed by atoms with van der Waals surface area (Å²) >= 11 is 1.12. The van der Waals surface area contributed by atoms with Crippen molar-refractivity contribution >= 4 is 24.0 Å². The number of esters is 2. The van der Waals surface area contributed by atoms with Gasteiger partial charge in [0.25, 0.3) is 0 Å². The minimum atomic E-state index is -1.09. The first-order valence-corrected chi connectivity index (χ1v) is 6.92. The van der Waals surface area contributed by atoms with E-state index in [9.17, 15) is 14.7 Å². The van der Waals surface area contributed by atoms with Gasteiger partial charge in [0.05, 0.1) is 6.61 Å². The van der Waals surface area contributed by atoms with E-state index in [0.717, 1.165) is 12.0 Å². The Balaban J connectivity index is 2.78. The number of aliphatic hydroxyl groups excluding tert-OH is 1. The van der Waals surface area contributed by atoms with Gasteiger partial charge >= 0.3 is 11.9 Å². The predicted molar refractivity (Wildman–Crippen MR) is 66.1 cm³/mol. The van der Waals surface area contributed by atoms with E-state index in [4.69, 9.17) is 18.4 Å². The van der Waals surface area contributed by atoms with Crippen LogP contribution >= 0.6 is 12.0 Å². The number of carbonyl (C=O) groups excluding carboxylic acids is 2. The Morgan fingerprint density at radius 2 is 1.95 bits per heavy atom. The Morgan fingerprint density at radius 1 is 1.32 bits per heavy atom. The second kappa shape index (κ2) is 7.68. The molecule has 19 heavy (non-hydrogen) atoms. The van der Waals surface area contributed by atoms with Crippen LogP contribution in [0.1, 0.15) is 20.3 Å². The van der Waals surface area contributed by atoms with Gasteiger partial charge in [0.2, 0.25) is 0 Å². The second-order valence-electron chi connectivity index (χ2n) is 4.04. The van der Waals surface area contributed by atoms with Crippen molar-refractivity contribution in [1.82, 2.24) is 0 Å². The average molecular weight is 294 g/mol. The predicted octanol–water partition coefficient (Wildman–Crippen LogP) is 0.252. The maximum Gasteiger partial charge on any atom is 0.303 e. The first-order chi connectivity index (χ1) is 8.93. The molecule has 7 nitrogen and oxygen atoms in total. The molecule has 1 N–H and O–H groups in total. The summed E-state index contributed by atoms with van der Waals surface area (Å²) in [5.74, 6) is -1.03. The van der Waals surface area contributed by atoms with Crippen molar-refractivity contribution < 1.29 is 33.1 Å². The van der Waals surface area contributed by atoms with Crippen molar-refractivity contribution in [1.29, 1.82) is 0 Å². The molecule has 110 valence electrons. The highest BCUT2D eigenvalue weighted by Gasteiger charge is 2.42. The van der Waals surface area contributed by atoms with Gasteiger partial charge in [-0.1, -0.05) is 0 Å². The fourth-order valence-electron chi connectivity index (χ4n) is 1.85. The van der Waals surface area contributed by atoms with Crippen LogP contribution in [0.4, 0.5) is 0 Å². The molecule has 1 heterocycles. The summed E-state index contributed by atoms with van der Waals surface area (Å²) in [5.41, 5.74) is 0. The smallest absolute Gasteiger partial charge is 0.303 e. The molecule has 0 aliphatic carbocycles. The first-order valence-electron chi connectivity index (χ1n) is 5.77. The van der Waals surface area contributed by atoms with Gasteiger partial charge in [-0.15, -0.1) is 0 Å². The van der Waals surface area contributed by atoms with E-state index in [1.54, 1.807) is 6.26 Å². The van der Waals surface area contributed by atoms with Crippen LogP contribution < -0.4 is 0 Å². The monoisotopic (exact) mass is 294 g/mol. The Hall–Kier alpha value is -0.830. The number of carbonyl (C=O) groups is 2. The van der Waals surface area contributed by atoms with Crippen LogP contribution in [0.3, 0.4) is 0 Å². The Kier molecular flexibility index (Phi) is 6.56. The van der Waals surface area contributed by atoms with Crippen molar-refractivity contribution in [3.8, 4) is 0 Å². The number of hydrogen-bond acceptors (Lipinski definition) is 8. The zero-order valence-corrected chi connectivity index (χ0v) is 11.8. The molecule has 0 aromatic rings. The molecule has 0 spiro atoms. The van der Waals surface area contributed by atoms with E-state index in [-0.39, 0.29) is 13.0 Å². The molecular formula is C11H18O7S.